The zero-order valence-electron chi connectivity index (χ0n) is 8.21. The van der Waals surface area contributed by atoms with Gasteiger partial charge in [0, 0.05) is 25.1 Å². The minimum Gasteiger partial charge on any atom is -0.380 e. The summed E-state index contributed by atoms with van der Waals surface area (Å²) in [7, 11) is 0. The zero-order valence-corrected chi connectivity index (χ0v) is 8.21. The van der Waals surface area contributed by atoms with Crippen LogP contribution in [0.3, 0.4) is 0 Å². The van der Waals surface area contributed by atoms with E-state index in [1.807, 2.05) is 0 Å². The Labute approximate surface area is 79.0 Å². The third kappa shape index (κ3) is 1.76. The molecule has 0 aromatic heterocycles. The van der Waals surface area contributed by atoms with E-state index >= 15 is 0 Å². The first kappa shape index (κ1) is 9.16. The number of carbonyl (C=O) groups excluding carboxylic acids is 1. The number of likely N-dealkylation sites (tertiary alicyclic amines) is 1. The van der Waals surface area contributed by atoms with Crippen LogP contribution in [-0.2, 0) is 9.53 Å². The Morgan fingerprint density at radius 3 is 2.92 bits per heavy atom. The van der Waals surface area contributed by atoms with E-state index in [0.29, 0.717) is 12.3 Å². The summed E-state index contributed by atoms with van der Waals surface area (Å²) in [5, 5.41) is 0. The molecule has 0 spiro atoms. The average Bonchev–Trinajstić information content (AvgIpc) is 2.54. The van der Waals surface area contributed by atoms with Crippen molar-refractivity contribution in [3.05, 3.63) is 0 Å². The third-order valence-electron chi connectivity index (χ3n) is 3.21. The first-order valence-corrected chi connectivity index (χ1v) is 5.05. The van der Waals surface area contributed by atoms with Crippen molar-refractivity contribution in [2.24, 2.45) is 0 Å². The molecule has 2 saturated heterocycles. The molecule has 3 heteroatoms. The summed E-state index contributed by atoms with van der Waals surface area (Å²) >= 11 is 0. The molecule has 2 heterocycles. The lowest BCUT2D eigenvalue weighted by Gasteiger charge is -2.40. The van der Waals surface area contributed by atoms with E-state index in [1.54, 1.807) is 0 Å². The van der Waals surface area contributed by atoms with E-state index in [-0.39, 0.29) is 5.54 Å². The van der Waals surface area contributed by atoms with E-state index in [9.17, 15) is 4.79 Å². The van der Waals surface area contributed by atoms with E-state index < -0.39 is 0 Å². The Kier molecular flexibility index (Phi) is 2.39. The van der Waals surface area contributed by atoms with Crippen molar-refractivity contribution < 1.29 is 9.53 Å². The highest BCUT2D eigenvalue weighted by molar-refractivity contribution is 5.82. The molecule has 74 valence electrons. The molecule has 0 aliphatic carbocycles. The summed E-state index contributed by atoms with van der Waals surface area (Å²) in [6.45, 7) is 5.46. The lowest BCUT2D eigenvalue weighted by Crippen LogP contribution is -2.50. The molecule has 13 heavy (non-hydrogen) atoms. The smallest absolute Gasteiger partial charge is 0.148 e. The Bertz CT molecular complexity index is 209. The van der Waals surface area contributed by atoms with Gasteiger partial charge in [-0.2, -0.15) is 0 Å². The van der Waals surface area contributed by atoms with Crippen LogP contribution in [0.2, 0.25) is 0 Å². The topological polar surface area (TPSA) is 29.5 Å². The molecule has 2 aliphatic heterocycles. The van der Waals surface area contributed by atoms with Gasteiger partial charge in [0.25, 0.3) is 0 Å². The molecule has 0 amide bonds. The number of Topliss-reactive ketones (excluding diaryl/α,β-unsaturated/α-hetero) is 1. The van der Waals surface area contributed by atoms with Gasteiger partial charge in [0.1, 0.15) is 5.78 Å². The molecule has 0 radical (unpaired) electrons. The summed E-state index contributed by atoms with van der Waals surface area (Å²) < 4.78 is 5.48. The summed E-state index contributed by atoms with van der Waals surface area (Å²) in [5.41, 5.74) is 0.129. The molecule has 0 aromatic rings. The number of ketones is 1. The monoisotopic (exact) mass is 183 g/mol. The van der Waals surface area contributed by atoms with Crippen molar-refractivity contribution in [1.29, 1.82) is 0 Å². The molecule has 0 saturated carbocycles. The number of ether oxygens (including phenoxy) is 1. The van der Waals surface area contributed by atoms with Crippen LogP contribution in [0.5, 0.6) is 0 Å². The maximum atomic E-state index is 11.2. The van der Waals surface area contributed by atoms with E-state index in [2.05, 4.69) is 11.8 Å². The predicted molar refractivity (Wildman–Crippen MR) is 49.7 cm³/mol. The second kappa shape index (κ2) is 3.39. The molecule has 0 aromatic carbocycles. The van der Waals surface area contributed by atoms with Crippen LogP contribution in [0, 0.1) is 0 Å². The number of rotatable bonds is 1. The molecular weight excluding hydrogens is 166 g/mol. The summed E-state index contributed by atoms with van der Waals surface area (Å²) in [4.78, 5) is 13.4. The van der Waals surface area contributed by atoms with Crippen LogP contribution in [0.15, 0.2) is 0 Å². The average molecular weight is 183 g/mol. The number of carbonyl (C=O) groups is 1. The van der Waals surface area contributed by atoms with E-state index in [1.165, 1.54) is 6.42 Å². The SMILES string of the molecule is CC1(N2CCC(=O)C2)CCCOC1. The fourth-order valence-electron chi connectivity index (χ4n) is 2.26. The highest BCUT2D eigenvalue weighted by atomic mass is 16.5. The van der Waals surface area contributed by atoms with Gasteiger partial charge < -0.3 is 4.74 Å². The van der Waals surface area contributed by atoms with Crippen LogP contribution >= 0.6 is 0 Å². The minimum absolute atomic E-state index is 0.129. The second-order valence-electron chi connectivity index (χ2n) is 4.36. The molecule has 1 unspecified atom stereocenters. The van der Waals surface area contributed by atoms with Gasteiger partial charge in [-0.15, -0.1) is 0 Å². The van der Waals surface area contributed by atoms with Gasteiger partial charge in [-0.05, 0) is 19.8 Å². The van der Waals surface area contributed by atoms with Gasteiger partial charge in [0.2, 0.25) is 0 Å². The number of hydrogen-bond acceptors (Lipinski definition) is 3. The van der Waals surface area contributed by atoms with Crippen molar-refractivity contribution in [3.63, 3.8) is 0 Å². The van der Waals surface area contributed by atoms with Crippen molar-refractivity contribution in [3.8, 4) is 0 Å². The van der Waals surface area contributed by atoms with E-state index in [4.69, 9.17) is 4.74 Å². The lowest BCUT2D eigenvalue weighted by atomic mass is 9.93. The van der Waals surface area contributed by atoms with Gasteiger partial charge >= 0.3 is 0 Å². The largest absolute Gasteiger partial charge is 0.380 e. The molecule has 0 bridgehead atoms. The predicted octanol–water partition coefficient (Wildman–Crippen LogP) is 0.830. The normalized spacial score (nSPS) is 36.8. The van der Waals surface area contributed by atoms with E-state index in [0.717, 1.165) is 32.6 Å². The second-order valence-corrected chi connectivity index (χ2v) is 4.36. The molecular formula is C10H17NO2. The van der Waals surface area contributed by atoms with Gasteiger partial charge in [-0.25, -0.2) is 0 Å². The Balaban J connectivity index is 2.01. The van der Waals surface area contributed by atoms with Crippen molar-refractivity contribution >= 4 is 5.78 Å². The van der Waals surface area contributed by atoms with Crippen molar-refractivity contribution in [2.75, 3.05) is 26.3 Å². The van der Waals surface area contributed by atoms with Crippen LogP contribution in [0.4, 0.5) is 0 Å². The number of hydrogen-bond donors (Lipinski definition) is 0. The summed E-state index contributed by atoms with van der Waals surface area (Å²) in [6, 6.07) is 0. The van der Waals surface area contributed by atoms with Crippen molar-refractivity contribution in [1.82, 2.24) is 4.90 Å². The Morgan fingerprint density at radius 1 is 1.54 bits per heavy atom. The van der Waals surface area contributed by atoms with Crippen molar-refractivity contribution in [2.45, 2.75) is 31.7 Å². The fraction of sp³-hybridized carbons (Fsp3) is 0.900. The fourth-order valence-corrected chi connectivity index (χ4v) is 2.26. The number of nitrogens with zero attached hydrogens (tertiary/aromatic N) is 1. The molecule has 3 nitrogen and oxygen atoms in total. The molecule has 2 aliphatic rings. The molecule has 0 N–H and O–H groups in total. The Morgan fingerprint density at radius 2 is 2.38 bits per heavy atom. The van der Waals surface area contributed by atoms with Crippen LogP contribution in [0.25, 0.3) is 0 Å². The lowest BCUT2D eigenvalue weighted by molar-refractivity contribution is -0.118. The highest BCUT2D eigenvalue weighted by Gasteiger charge is 2.37. The van der Waals surface area contributed by atoms with Crippen LogP contribution in [-0.4, -0.2) is 42.5 Å². The first-order chi connectivity index (χ1) is 6.21. The molecule has 2 rings (SSSR count). The molecule has 2 fully saturated rings. The first-order valence-electron chi connectivity index (χ1n) is 5.05. The quantitative estimate of drug-likeness (QED) is 0.603. The zero-order chi connectivity index (χ0) is 9.31. The van der Waals surface area contributed by atoms with Crippen LogP contribution < -0.4 is 0 Å². The minimum atomic E-state index is 0.129. The maximum Gasteiger partial charge on any atom is 0.148 e. The summed E-state index contributed by atoms with van der Waals surface area (Å²) in [5.74, 6) is 0.381. The van der Waals surface area contributed by atoms with Crippen LogP contribution in [0.1, 0.15) is 26.2 Å². The third-order valence-corrected chi connectivity index (χ3v) is 3.21. The standard InChI is InChI=1S/C10H17NO2/c1-10(4-2-6-13-8-10)11-5-3-9(12)7-11/h2-8H2,1H3. The van der Waals surface area contributed by atoms with Gasteiger partial charge in [0.15, 0.2) is 0 Å². The highest BCUT2D eigenvalue weighted by Crippen LogP contribution is 2.28. The maximum absolute atomic E-state index is 11.2. The molecule has 1 atom stereocenters. The Hall–Kier alpha value is -0.410. The van der Waals surface area contributed by atoms with Gasteiger partial charge in [-0.1, -0.05) is 0 Å². The summed E-state index contributed by atoms with van der Waals surface area (Å²) in [6.07, 6.45) is 3.02. The van der Waals surface area contributed by atoms with Gasteiger partial charge in [-0.3, -0.25) is 9.69 Å². The van der Waals surface area contributed by atoms with Gasteiger partial charge in [0.05, 0.1) is 13.2 Å².